The summed E-state index contributed by atoms with van der Waals surface area (Å²) in [5.41, 5.74) is 0.417. The van der Waals surface area contributed by atoms with E-state index in [0.29, 0.717) is 30.9 Å². The summed E-state index contributed by atoms with van der Waals surface area (Å²) in [6.45, 7) is 0.746. The molecule has 0 spiro atoms. The average molecular weight is 447 g/mol. The smallest absolute Gasteiger partial charge is 0.289 e. The highest BCUT2D eigenvalue weighted by atomic mass is 32.2. The second-order valence-corrected chi connectivity index (χ2v) is 9.21. The Morgan fingerprint density at radius 3 is 2.58 bits per heavy atom. The number of ether oxygens (including phenoxy) is 2. The lowest BCUT2D eigenvalue weighted by molar-refractivity contribution is -0.387. The zero-order valence-corrected chi connectivity index (χ0v) is 17.3. The maximum absolute atomic E-state index is 12.9. The Balaban J connectivity index is 1.35. The van der Waals surface area contributed by atoms with E-state index < -0.39 is 20.6 Å². The highest BCUT2D eigenvalue weighted by molar-refractivity contribution is 7.89. The predicted molar refractivity (Wildman–Crippen MR) is 109 cm³/mol. The molecule has 0 saturated carbocycles. The van der Waals surface area contributed by atoms with Gasteiger partial charge in [-0.05, 0) is 36.6 Å². The van der Waals surface area contributed by atoms with Gasteiger partial charge in [0.15, 0.2) is 16.4 Å². The molecule has 1 amide bonds. The first-order valence-corrected chi connectivity index (χ1v) is 11.2. The van der Waals surface area contributed by atoms with Crippen LogP contribution in [0, 0.1) is 16.0 Å². The van der Waals surface area contributed by atoms with Crippen molar-refractivity contribution in [3.63, 3.8) is 0 Å². The standard InChI is InChI=1S/C20H21N3O7S/c24-20(21-12-14-5-6-17-18(11-14)30-13-29-17)15-7-9-22(10-8-15)31(27,28)19-4-2-1-3-16(19)23(25)26/h1-6,11,15H,7-10,12-13H2,(H,21,24). The highest BCUT2D eigenvalue weighted by Crippen LogP contribution is 2.33. The number of rotatable bonds is 6. The average Bonchev–Trinajstić information content (AvgIpc) is 3.25. The van der Waals surface area contributed by atoms with E-state index in [-0.39, 0.29) is 36.6 Å². The number of nitrogens with one attached hydrogen (secondary N) is 1. The Bertz CT molecular complexity index is 1110. The second kappa shape index (κ2) is 8.52. The topological polar surface area (TPSA) is 128 Å². The Morgan fingerprint density at radius 2 is 1.84 bits per heavy atom. The van der Waals surface area contributed by atoms with Crippen LogP contribution < -0.4 is 14.8 Å². The van der Waals surface area contributed by atoms with Crippen molar-refractivity contribution in [1.29, 1.82) is 0 Å². The molecule has 0 bridgehead atoms. The van der Waals surface area contributed by atoms with Crippen LogP contribution in [0.1, 0.15) is 18.4 Å². The lowest BCUT2D eigenvalue weighted by Gasteiger charge is -2.30. The van der Waals surface area contributed by atoms with Gasteiger partial charge in [0, 0.05) is 31.6 Å². The van der Waals surface area contributed by atoms with Crippen LogP contribution in [0.2, 0.25) is 0 Å². The van der Waals surface area contributed by atoms with E-state index in [0.717, 1.165) is 5.56 Å². The number of hydrogen-bond acceptors (Lipinski definition) is 7. The zero-order valence-electron chi connectivity index (χ0n) is 16.5. The maximum atomic E-state index is 12.9. The number of carbonyl (C=O) groups is 1. The molecule has 2 aromatic rings. The number of sulfonamides is 1. The lowest BCUT2D eigenvalue weighted by atomic mass is 9.97. The summed E-state index contributed by atoms with van der Waals surface area (Å²) < 4.78 is 37.6. The fourth-order valence-electron chi connectivity index (χ4n) is 3.71. The van der Waals surface area contributed by atoms with Crippen LogP contribution in [0.5, 0.6) is 11.5 Å². The molecule has 0 aromatic heterocycles. The summed E-state index contributed by atoms with van der Waals surface area (Å²) in [5, 5.41) is 14.1. The van der Waals surface area contributed by atoms with Gasteiger partial charge in [-0.3, -0.25) is 14.9 Å². The number of piperidine rings is 1. The Morgan fingerprint density at radius 1 is 1.13 bits per heavy atom. The van der Waals surface area contributed by atoms with E-state index in [1.54, 1.807) is 6.07 Å². The molecule has 2 aliphatic heterocycles. The van der Waals surface area contributed by atoms with Gasteiger partial charge in [0.25, 0.3) is 5.69 Å². The van der Waals surface area contributed by atoms with Crippen molar-refractivity contribution in [2.75, 3.05) is 19.9 Å². The summed E-state index contributed by atoms with van der Waals surface area (Å²) >= 11 is 0. The van der Waals surface area contributed by atoms with Gasteiger partial charge in [-0.2, -0.15) is 4.31 Å². The van der Waals surface area contributed by atoms with Crippen LogP contribution >= 0.6 is 0 Å². The molecule has 2 aromatic carbocycles. The summed E-state index contributed by atoms with van der Waals surface area (Å²) in [4.78, 5) is 22.7. The molecule has 2 heterocycles. The van der Waals surface area contributed by atoms with Gasteiger partial charge in [0.1, 0.15) is 0 Å². The third kappa shape index (κ3) is 4.32. The summed E-state index contributed by atoms with van der Waals surface area (Å²) in [6.07, 6.45) is 0.680. The van der Waals surface area contributed by atoms with Gasteiger partial charge < -0.3 is 14.8 Å². The molecular weight excluding hydrogens is 426 g/mol. The van der Waals surface area contributed by atoms with Gasteiger partial charge in [-0.1, -0.05) is 18.2 Å². The molecule has 10 nitrogen and oxygen atoms in total. The molecule has 1 fully saturated rings. The number of carbonyl (C=O) groups excluding carboxylic acids is 1. The minimum Gasteiger partial charge on any atom is -0.454 e. The van der Waals surface area contributed by atoms with E-state index in [2.05, 4.69) is 5.32 Å². The third-order valence-corrected chi connectivity index (χ3v) is 7.35. The van der Waals surface area contributed by atoms with Crippen molar-refractivity contribution in [2.24, 2.45) is 5.92 Å². The first-order chi connectivity index (χ1) is 14.9. The van der Waals surface area contributed by atoms with E-state index in [4.69, 9.17) is 9.47 Å². The Labute approximate surface area is 179 Å². The normalized spacial score (nSPS) is 16.8. The molecule has 31 heavy (non-hydrogen) atoms. The number of benzene rings is 2. The van der Waals surface area contributed by atoms with Gasteiger partial charge >= 0.3 is 0 Å². The molecule has 11 heteroatoms. The van der Waals surface area contributed by atoms with Crippen molar-refractivity contribution >= 4 is 21.6 Å². The van der Waals surface area contributed by atoms with Crippen molar-refractivity contribution in [1.82, 2.24) is 9.62 Å². The summed E-state index contributed by atoms with van der Waals surface area (Å²) in [6, 6.07) is 10.7. The summed E-state index contributed by atoms with van der Waals surface area (Å²) in [7, 11) is -4.01. The molecule has 0 aliphatic carbocycles. The third-order valence-electron chi connectivity index (χ3n) is 5.41. The molecule has 164 valence electrons. The van der Waals surface area contributed by atoms with Gasteiger partial charge in [-0.15, -0.1) is 0 Å². The van der Waals surface area contributed by atoms with Crippen LogP contribution in [-0.4, -0.2) is 43.4 Å². The number of para-hydroxylation sites is 1. The van der Waals surface area contributed by atoms with Crippen LogP contribution in [-0.2, 0) is 21.4 Å². The van der Waals surface area contributed by atoms with Crippen LogP contribution in [0.15, 0.2) is 47.4 Å². The maximum Gasteiger partial charge on any atom is 0.289 e. The quantitative estimate of drug-likeness (QED) is 0.530. The molecule has 1 saturated heterocycles. The molecule has 0 radical (unpaired) electrons. The van der Waals surface area contributed by atoms with Gasteiger partial charge in [-0.25, -0.2) is 8.42 Å². The fourth-order valence-corrected chi connectivity index (χ4v) is 5.34. The van der Waals surface area contributed by atoms with Gasteiger partial charge in [0.05, 0.1) is 4.92 Å². The van der Waals surface area contributed by atoms with Crippen molar-refractivity contribution in [3.8, 4) is 11.5 Å². The number of nitro benzene ring substituents is 1. The van der Waals surface area contributed by atoms with Crippen LogP contribution in [0.3, 0.4) is 0 Å². The van der Waals surface area contributed by atoms with Crippen LogP contribution in [0.25, 0.3) is 0 Å². The Kier molecular flexibility index (Phi) is 5.79. The van der Waals surface area contributed by atoms with E-state index in [1.807, 2.05) is 12.1 Å². The molecule has 0 unspecified atom stereocenters. The lowest BCUT2D eigenvalue weighted by Crippen LogP contribution is -2.43. The fraction of sp³-hybridized carbons (Fsp3) is 0.350. The predicted octanol–water partition coefficient (Wildman–Crippen LogP) is 2.04. The monoisotopic (exact) mass is 447 g/mol. The van der Waals surface area contributed by atoms with Crippen molar-refractivity contribution in [3.05, 3.63) is 58.1 Å². The van der Waals surface area contributed by atoms with Gasteiger partial charge in [0.2, 0.25) is 22.7 Å². The van der Waals surface area contributed by atoms with E-state index in [1.165, 1.54) is 28.6 Å². The molecular formula is C20H21N3O7S. The first-order valence-electron chi connectivity index (χ1n) is 9.76. The highest BCUT2D eigenvalue weighted by Gasteiger charge is 2.35. The number of nitrogens with zero attached hydrogens (tertiary/aromatic N) is 2. The second-order valence-electron chi connectivity index (χ2n) is 7.31. The number of amides is 1. The minimum atomic E-state index is -4.01. The van der Waals surface area contributed by atoms with Crippen molar-refractivity contribution < 1.29 is 27.6 Å². The molecule has 4 rings (SSSR count). The van der Waals surface area contributed by atoms with Crippen LogP contribution in [0.4, 0.5) is 5.69 Å². The SMILES string of the molecule is O=C(NCc1ccc2c(c1)OCO2)C1CCN(S(=O)(=O)c2ccccc2[N+](=O)[O-])CC1. The zero-order chi connectivity index (χ0) is 22.0. The number of hydrogen-bond donors (Lipinski definition) is 1. The van der Waals surface area contributed by atoms with E-state index >= 15 is 0 Å². The number of fused-ring (bicyclic) bond motifs is 1. The largest absolute Gasteiger partial charge is 0.454 e. The molecule has 2 aliphatic rings. The molecule has 0 atom stereocenters. The van der Waals surface area contributed by atoms with E-state index in [9.17, 15) is 23.3 Å². The minimum absolute atomic E-state index is 0.122. The summed E-state index contributed by atoms with van der Waals surface area (Å²) in [5.74, 6) is 0.828. The van der Waals surface area contributed by atoms with Crippen molar-refractivity contribution in [2.45, 2.75) is 24.3 Å². The first kappa shape index (κ1) is 21.1. The number of nitro groups is 1. The Hall–Kier alpha value is -3.18. The molecule has 1 N–H and O–H groups in total.